The highest BCUT2D eigenvalue weighted by atomic mass is 32.1. The summed E-state index contributed by atoms with van der Waals surface area (Å²) in [5.41, 5.74) is 0.148. The van der Waals surface area contributed by atoms with E-state index in [1.54, 1.807) is 29.6 Å². The van der Waals surface area contributed by atoms with Gasteiger partial charge in [-0.05, 0) is 23.6 Å². The Morgan fingerprint density at radius 2 is 1.94 bits per heavy atom. The number of rotatable bonds is 4. The molecule has 0 fully saturated rings. The summed E-state index contributed by atoms with van der Waals surface area (Å²) in [6, 6.07) is 9.36. The molecule has 1 aromatic carbocycles. The largest absolute Gasteiger partial charge is 0.434 e. The lowest BCUT2D eigenvalue weighted by atomic mass is 10.1. The molecule has 0 atom stereocenters. The minimum Gasteiger partial charge on any atom is -0.434 e. The van der Waals surface area contributed by atoms with Crippen molar-refractivity contribution in [2.45, 2.75) is 6.61 Å². The topological polar surface area (TPSA) is 26.3 Å². The van der Waals surface area contributed by atoms with Gasteiger partial charge in [0, 0.05) is 0 Å². The van der Waals surface area contributed by atoms with Gasteiger partial charge in [0.25, 0.3) is 0 Å². The van der Waals surface area contributed by atoms with Crippen molar-refractivity contribution in [3.63, 3.8) is 0 Å². The first-order chi connectivity index (χ1) is 8.18. The molecular formula is C12H8F2O2S. The molecule has 2 nitrogen and oxygen atoms in total. The van der Waals surface area contributed by atoms with E-state index in [1.165, 1.54) is 23.5 Å². The molecule has 0 aliphatic heterocycles. The molecule has 5 heteroatoms. The van der Waals surface area contributed by atoms with E-state index in [0.717, 1.165) is 0 Å². The highest BCUT2D eigenvalue weighted by Gasteiger charge is 2.17. The van der Waals surface area contributed by atoms with Gasteiger partial charge in [0.05, 0.1) is 10.4 Å². The lowest BCUT2D eigenvalue weighted by molar-refractivity contribution is -0.0501. The summed E-state index contributed by atoms with van der Waals surface area (Å²) in [5, 5.41) is 1.75. The van der Waals surface area contributed by atoms with E-state index in [0.29, 0.717) is 4.88 Å². The molecule has 0 saturated carbocycles. The lowest BCUT2D eigenvalue weighted by Gasteiger charge is -2.08. The Morgan fingerprint density at radius 1 is 1.18 bits per heavy atom. The minimum atomic E-state index is -2.94. The predicted octanol–water partition coefficient (Wildman–Crippen LogP) is 3.58. The summed E-state index contributed by atoms with van der Waals surface area (Å²) in [6.45, 7) is -2.94. The molecule has 2 aromatic rings. The molecule has 1 aromatic heterocycles. The highest BCUT2D eigenvalue weighted by molar-refractivity contribution is 7.12. The zero-order chi connectivity index (χ0) is 12.3. The highest BCUT2D eigenvalue weighted by Crippen LogP contribution is 2.24. The number of alkyl halides is 2. The van der Waals surface area contributed by atoms with Gasteiger partial charge in [-0.1, -0.05) is 18.2 Å². The minimum absolute atomic E-state index is 0.0964. The number of carbonyl (C=O) groups is 1. The summed E-state index contributed by atoms with van der Waals surface area (Å²) < 4.78 is 28.7. The van der Waals surface area contributed by atoms with E-state index in [2.05, 4.69) is 4.74 Å². The Hall–Kier alpha value is -1.75. The van der Waals surface area contributed by atoms with Crippen molar-refractivity contribution in [2.24, 2.45) is 0 Å². The van der Waals surface area contributed by atoms with E-state index in [4.69, 9.17) is 0 Å². The van der Waals surface area contributed by atoms with Crippen LogP contribution in [0.5, 0.6) is 5.75 Å². The van der Waals surface area contributed by atoms with Crippen molar-refractivity contribution in [1.82, 2.24) is 0 Å². The van der Waals surface area contributed by atoms with E-state index >= 15 is 0 Å². The van der Waals surface area contributed by atoms with Gasteiger partial charge >= 0.3 is 6.61 Å². The molecule has 88 valence electrons. The van der Waals surface area contributed by atoms with E-state index < -0.39 is 6.61 Å². The Morgan fingerprint density at radius 3 is 2.59 bits per heavy atom. The van der Waals surface area contributed by atoms with Crippen LogP contribution in [0.3, 0.4) is 0 Å². The predicted molar refractivity (Wildman–Crippen MR) is 60.8 cm³/mol. The Balaban J connectivity index is 2.35. The zero-order valence-corrected chi connectivity index (χ0v) is 9.42. The van der Waals surface area contributed by atoms with Crippen LogP contribution < -0.4 is 4.74 Å². The third-order valence-electron chi connectivity index (χ3n) is 2.09. The number of ketones is 1. The van der Waals surface area contributed by atoms with Gasteiger partial charge in [-0.25, -0.2) is 0 Å². The number of benzene rings is 1. The van der Waals surface area contributed by atoms with Gasteiger partial charge in [0.15, 0.2) is 0 Å². The van der Waals surface area contributed by atoms with Crippen molar-refractivity contribution < 1.29 is 18.3 Å². The van der Waals surface area contributed by atoms with Crippen LogP contribution in [0, 0.1) is 0 Å². The van der Waals surface area contributed by atoms with E-state index in [-0.39, 0.29) is 17.1 Å². The number of hydrogen-bond donors (Lipinski definition) is 0. The Labute approximate surface area is 100 Å². The molecule has 0 amide bonds. The van der Waals surface area contributed by atoms with Gasteiger partial charge in [-0.2, -0.15) is 8.78 Å². The third-order valence-corrected chi connectivity index (χ3v) is 2.96. The van der Waals surface area contributed by atoms with Crippen molar-refractivity contribution >= 4 is 17.1 Å². The summed E-state index contributed by atoms with van der Waals surface area (Å²) in [6.07, 6.45) is 0. The van der Waals surface area contributed by atoms with Crippen LogP contribution in [0.2, 0.25) is 0 Å². The van der Waals surface area contributed by atoms with Crippen LogP contribution in [-0.4, -0.2) is 12.4 Å². The monoisotopic (exact) mass is 254 g/mol. The van der Waals surface area contributed by atoms with Gasteiger partial charge in [-0.3, -0.25) is 4.79 Å². The van der Waals surface area contributed by atoms with Crippen LogP contribution in [-0.2, 0) is 0 Å². The SMILES string of the molecule is O=C(c1cccs1)c1ccccc1OC(F)F. The van der Waals surface area contributed by atoms with Crippen LogP contribution in [0.4, 0.5) is 8.78 Å². The third kappa shape index (κ3) is 2.68. The van der Waals surface area contributed by atoms with Gasteiger partial charge in [-0.15, -0.1) is 11.3 Å². The molecule has 0 spiro atoms. The molecule has 2 rings (SSSR count). The van der Waals surface area contributed by atoms with Gasteiger partial charge in [0.1, 0.15) is 5.75 Å². The first-order valence-electron chi connectivity index (χ1n) is 4.80. The maximum Gasteiger partial charge on any atom is 0.387 e. The summed E-state index contributed by atoms with van der Waals surface area (Å²) >= 11 is 1.26. The molecule has 0 saturated heterocycles. The number of hydrogen-bond acceptors (Lipinski definition) is 3. The van der Waals surface area contributed by atoms with Crippen molar-refractivity contribution in [3.8, 4) is 5.75 Å². The number of carbonyl (C=O) groups excluding carboxylic acids is 1. The lowest BCUT2D eigenvalue weighted by Crippen LogP contribution is -2.07. The molecule has 0 unspecified atom stereocenters. The fourth-order valence-electron chi connectivity index (χ4n) is 1.39. The molecule has 17 heavy (non-hydrogen) atoms. The molecular weight excluding hydrogens is 246 g/mol. The second kappa shape index (κ2) is 5.05. The molecule has 1 heterocycles. The van der Waals surface area contributed by atoms with Crippen molar-refractivity contribution in [3.05, 3.63) is 52.2 Å². The van der Waals surface area contributed by atoms with Crippen LogP contribution in [0.25, 0.3) is 0 Å². The standard InChI is InChI=1S/C12H8F2O2S/c13-12(14)16-9-5-2-1-4-8(9)11(15)10-6-3-7-17-10/h1-7,12H. The Bertz CT molecular complexity index is 509. The van der Waals surface area contributed by atoms with Crippen LogP contribution in [0.1, 0.15) is 15.2 Å². The molecule has 0 bridgehead atoms. The summed E-state index contributed by atoms with van der Waals surface area (Å²) in [4.78, 5) is 12.5. The summed E-state index contributed by atoms with van der Waals surface area (Å²) in [7, 11) is 0. The first-order valence-corrected chi connectivity index (χ1v) is 5.68. The second-order valence-corrected chi connectivity index (χ2v) is 4.13. The van der Waals surface area contributed by atoms with Crippen molar-refractivity contribution in [2.75, 3.05) is 0 Å². The molecule has 0 aliphatic rings. The second-order valence-electron chi connectivity index (χ2n) is 3.18. The van der Waals surface area contributed by atoms with Gasteiger partial charge in [0.2, 0.25) is 5.78 Å². The van der Waals surface area contributed by atoms with Crippen molar-refractivity contribution in [1.29, 1.82) is 0 Å². The van der Waals surface area contributed by atoms with Crippen LogP contribution in [0.15, 0.2) is 41.8 Å². The van der Waals surface area contributed by atoms with Gasteiger partial charge < -0.3 is 4.74 Å². The summed E-state index contributed by atoms with van der Waals surface area (Å²) in [5.74, 6) is -0.405. The van der Waals surface area contributed by atoms with E-state index in [9.17, 15) is 13.6 Å². The van der Waals surface area contributed by atoms with E-state index in [1.807, 2.05) is 0 Å². The number of ether oxygens (including phenoxy) is 1. The number of para-hydroxylation sites is 1. The zero-order valence-electron chi connectivity index (χ0n) is 8.60. The smallest absolute Gasteiger partial charge is 0.387 e. The fraction of sp³-hybridized carbons (Fsp3) is 0.0833. The average Bonchev–Trinajstić information content (AvgIpc) is 2.81. The van der Waals surface area contributed by atoms with Crippen LogP contribution >= 0.6 is 11.3 Å². The Kier molecular flexibility index (Phi) is 3.49. The molecule has 0 N–H and O–H groups in total. The maximum atomic E-state index is 12.2. The first kappa shape index (κ1) is 11.7. The fourth-order valence-corrected chi connectivity index (χ4v) is 2.07. The maximum absolute atomic E-state index is 12.2. The number of halogens is 2. The average molecular weight is 254 g/mol. The normalized spacial score (nSPS) is 10.5. The molecule has 0 radical (unpaired) electrons. The number of thiophene rings is 1. The quantitative estimate of drug-likeness (QED) is 0.779. The molecule has 0 aliphatic carbocycles.